The zero-order chi connectivity index (χ0) is 17.9. The lowest BCUT2D eigenvalue weighted by Gasteiger charge is -2.27. The van der Waals surface area contributed by atoms with Crippen LogP contribution in [-0.2, 0) is 10.0 Å². The van der Waals surface area contributed by atoms with Crippen LogP contribution >= 0.6 is 15.9 Å². The number of para-hydroxylation sites is 1. The average Bonchev–Trinajstić information content (AvgIpc) is 2.62. The SMILES string of the molecule is O=C(c1ccccc1NS(=O)(=O)c1ccc(Br)cc1)N1CCCCC1. The van der Waals surface area contributed by atoms with E-state index in [4.69, 9.17) is 0 Å². The van der Waals surface area contributed by atoms with Gasteiger partial charge in [0.2, 0.25) is 0 Å². The largest absolute Gasteiger partial charge is 0.339 e. The molecule has 2 aromatic carbocycles. The van der Waals surface area contributed by atoms with E-state index in [0.717, 1.165) is 23.7 Å². The molecule has 3 rings (SSSR count). The summed E-state index contributed by atoms with van der Waals surface area (Å²) in [6.07, 6.45) is 3.10. The Hall–Kier alpha value is -1.86. The normalized spacial score (nSPS) is 15.0. The van der Waals surface area contributed by atoms with Crippen LogP contribution in [0.4, 0.5) is 5.69 Å². The second-order valence-electron chi connectivity index (χ2n) is 5.96. The molecule has 1 amide bonds. The first kappa shape index (κ1) is 17.9. The minimum Gasteiger partial charge on any atom is -0.339 e. The summed E-state index contributed by atoms with van der Waals surface area (Å²) in [4.78, 5) is 14.7. The highest BCUT2D eigenvalue weighted by Crippen LogP contribution is 2.23. The van der Waals surface area contributed by atoms with Crippen molar-refractivity contribution in [2.45, 2.75) is 24.2 Å². The summed E-state index contributed by atoms with van der Waals surface area (Å²) in [7, 11) is -3.76. The number of carbonyl (C=O) groups is 1. The number of benzene rings is 2. The predicted molar refractivity (Wildman–Crippen MR) is 101 cm³/mol. The van der Waals surface area contributed by atoms with E-state index in [1.54, 1.807) is 41.3 Å². The quantitative estimate of drug-likeness (QED) is 0.812. The molecule has 0 bridgehead atoms. The van der Waals surface area contributed by atoms with Crippen LogP contribution in [0.15, 0.2) is 57.9 Å². The Labute approximate surface area is 156 Å². The van der Waals surface area contributed by atoms with Gasteiger partial charge in [-0.15, -0.1) is 0 Å². The van der Waals surface area contributed by atoms with Crippen LogP contribution in [0.5, 0.6) is 0 Å². The fraction of sp³-hybridized carbons (Fsp3) is 0.278. The van der Waals surface area contributed by atoms with Gasteiger partial charge in [-0.25, -0.2) is 8.42 Å². The Morgan fingerprint density at radius 3 is 2.28 bits per heavy atom. The van der Waals surface area contributed by atoms with Crippen molar-refractivity contribution in [1.29, 1.82) is 0 Å². The van der Waals surface area contributed by atoms with Crippen molar-refractivity contribution in [2.24, 2.45) is 0 Å². The van der Waals surface area contributed by atoms with Crippen molar-refractivity contribution >= 4 is 37.5 Å². The fourth-order valence-corrected chi connectivity index (χ4v) is 4.19. The second kappa shape index (κ2) is 7.58. The lowest BCUT2D eigenvalue weighted by Crippen LogP contribution is -2.36. The zero-order valence-electron chi connectivity index (χ0n) is 13.6. The monoisotopic (exact) mass is 422 g/mol. The summed E-state index contributed by atoms with van der Waals surface area (Å²) in [5, 5.41) is 0. The molecule has 1 N–H and O–H groups in total. The molecule has 0 radical (unpaired) electrons. The zero-order valence-corrected chi connectivity index (χ0v) is 16.0. The molecule has 2 aromatic rings. The van der Waals surface area contributed by atoms with Crippen LogP contribution in [-0.4, -0.2) is 32.3 Å². The van der Waals surface area contributed by atoms with E-state index in [-0.39, 0.29) is 10.8 Å². The topological polar surface area (TPSA) is 66.5 Å². The Balaban J connectivity index is 1.88. The average molecular weight is 423 g/mol. The minimum absolute atomic E-state index is 0.131. The molecule has 1 aliphatic heterocycles. The number of hydrogen-bond acceptors (Lipinski definition) is 3. The van der Waals surface area contributed by atoms with E-state index >= 15 is 0 Å². The Morgan fingerprint density at radius 2 is 1.60 bits per heavy atom. The van der Waals surface area contributed by atoms with Crippen LogP contribution in [0.2, 0.25) is 0 Å². The molecule has 0 aromatic heterocycles. The van der Waals surface area contributed by atoms with Gasteiger partial charge in [0.05, 0.1) is 16.1 Å². The van der Waals surface area contributed by atoms with Crippen molar-refractivity contribution < 1.29 is 13.2 Å². The number of nitrogens with zero attached hydrogens (tertiary/aromatic N) is 1. The van der Waals surface area contributed by atoms with E-state index in [1.807, 2.05) is 0 Å². The van der Waals surface area contributed by atoms with E-state index in [2.05, 4.69) is 20.7 Å². The van der Waals surface area contributed by atoms with Gasteiger partial charge in [-0.3, -0.25) is 9.52 Å². The van der Waals surface area contributed by atoms with Crippen LogP contribution in [0.1, 0.15) is 29.6 Å². The van der Waals surface area contributed by atoms with Gasteiger partial charge in [-0.1, -0.05) is 28.1 Å². The molecule has 0 atom stereocenters. The number of anilines is 1. The minimum atomic E-state index is -3.76. The van der Waals surface area contributed by atoms with Crippen molar-refractivity contribution in [3.8, 4) is 0 Å². The smallest absolute Gasteiger partial charge is 0.261 e. The first-order valence-electron chi connectivity index (χ1n) is 8.14. The molecule has 25 heavy (non-hydrogen) atoms. The molecule has 1 saturated heterocycles. The third-order valence-corrected chi connectivity index (χ3v) is 6.08. The van der Waals surface area contributed by atoms with Gasteiger partial charge in [0, 0.05) is 17.6 Å². The molecule has 132 valence electrons. The molecule has 0 unspecified atom stereocenters. The lowest BCUT2D eigenvalue weighted by atomic mass is 10.1. The number of likely N-dealkylation sites (tertiary alicyclic amines) is 1. The summed E-state index contributed by atoms with van der Waals surface area (Å²) >= 11 is 3.29. The number of sulfonamides is 1. The summed E-state index contributed by atoms with van der Waals surface area (Å²) < 4.78 is 28.6. The fourth-order valence-electron chi connectivity index (χ4n) is 2.84. The molecule has 1 fully saturated rings. The van der Waals surface area contributed by atoms with Gasteiger partial charge >= 0.3 is 0 Å². The summed E-state index contributed by atoms with van der Waals surface area (Å²) in [5.41, 5.74) is 0.686. The number of carbonyl (C=O) groups excluding carboxylic acids is 1. The van der Waals surface area contributed by atoms with Crippen LogP contribution in [0.25, 0.3) is 0 Å². The van der Waals surface area contributed by atoms with Gasteiger partial charge in [-0.2, -0.15) is 0 Å². The first-order chi connectivity index (χ1) is 12.0. The van der Waals surface area contributed by atoms with Crippen molar-refractivity contribution in [2.75, 3.05) is 17.8 Å². The maximum absolute atomic E-state index is 12.8. The molecule has 0 saturated carbocycles. The van der Waals surface area contributed by atoms with E-state index in [1.165, 1.54) is 12.1 Å². The molecule has 1 aliphatic rings. The van der Waals surface area contributed by atoms with Crippen molar-refractivity contribution in [3.63, 3.8) is 0 Å². The summed E-state index contributed by atoms with van der Waals surface area (Å²) in [5.74, 6) is -0.131. The van der Waals surface area contributed by atoms with Gasteiger partial charge in [-0.05, 0) is 55.7 Å². The van der Waals surface area contributed by atoms with Crippen LogP contribution in [0, 0.1) is 0 Å². The van der Waals surface area contributed by atoms with Crippen molar-refractivity contribution in [3.05, 3.63) is 58.6 Å². The highest BCUT2D eigenvalue weighted by molar-refractivity contribution is 9.10. The number of nitrogens with one attached hydrogen (secondary N) is 1. The number of halogens is 1. The Bertz CT molecular complexity index is 860. The molecule has 5 nitrogen and oxygen atoms in total. The number of hydrogen-bond donors (Lipinski definition) is 1. The first-order valence-corrected chi connectivity index (χ1v) is 10.4. The van der Waals surface area contributed by atoms with Crippen molar-refractivity contribution in [1.82, 2.24) is 4.90 Å². The van der Waals surface area contributed by atoms with Gasteiger partial charge in [0.15, 0.2) is 0 Å². The number of rotatable bonds is 4. The molecule has 0 spiro atoms. The third kappa shape index (κ3) is 4.22. The van der Waals surface area contributed by atoms with Crippen LogP contribution in [0.3, 0.4) is 0 Å². The second-order valence-corrected chi connectivity index (χ2v) is 8.56. The Morgan fingerprint density at radius 1 is 0.960 bits per heavy atom. The molecular weight excluding hydrogens is 404 g/mol. The van der Waals surface area contributed by atoms with E-state index < -0.39 is 10.0 Å². The van der Waals surface area contributed by atoms with Gasteiger partial charge in [0.25, 0.3) is 15.9 Å². The Kier molecular flexibility index (Phi) is 5.44. The van der Waals surface area contributed by atoms with E-state index in [9.17, 15) is 13.2 Å². The predicted octanol–water partition coefficient (Wildman–Crippen LogP) is 3.88. The van der Waals surface area contributed by atoms with E-state index in [0.29, 0.717) is 24.3 Å². The number of amides is 1. The number of piperidine rings is 1. The standard InChI is InChI=1S/C18H19BrN2O3S/c19-14-8-10-15(11-9-14)25(23,24)20-17-7-3-2-6-16(17)18(22)21-12-4-1-5-13-21/h2-3,6-11,20H,1,4-5,12-13H2. The lowest BCUT2D eigenvalue weighted by molar-refractivity contribution is 0.0725. The summed E-state index contributed by atoms with van der Waals surface area (Å²) in [6, 6.07) is 13.1. The third-order valence-electron chi connectivity index (χ3n) is 4.17. The summed E-state index contributed by atoms with van der Waals surface area (Å²) in [6.45, 7) is 1.43. The highest BCUT2D eigenvalue weighted by Gasteiger charge is 2.23. The van der Waals surface area contributed by atoms with Gasteiger partial charge < -0.3 is 4.90 Å². The molecule has 0 aliphatic carbocycles. The van der Waals surface area contributed by atoms with Gasteiger partial charge in [0.1, 0.15) is 0 Å². The molecular formula is C18H19BrN2O3S. The maximum Gasteiger partial charge on any atom is 0.261 e. The maximum atomic E-state index is 12.8. The molecule has 1 heterocycles. The molecule has 7 heteroatoms. The van der Waals surface area contributed by atoms with Crippen LogP contribution < -0.4 is 4.72 Å². The highest BCUT2D eigenvalue weighted by atomic mass is 79.9.